The molecule has 0 radical (unpaired) electrons. The van der Waals surface area contributed by atoms with Crippen LogP contribution in [0.25, 0.3) is 17.2 Å². The van der Waals surface area contributed by atoms with E-state index in [1.807, 2.05) is 11.8 Å². The first-order valence-electron chi connectivity index (χ1n) is 11.1. The van der Waals surface area contributed by atoms with Crippen LogP contribution in [0.2, 0.25) is 0 Å². The highest BCUT2D eigenvalue weighted by Gasteiger charge is 2.41. The average molecular weight is 415 g/mol. The Morgan fingerprint density at radius 2 is 1.90 bits per heavy atom. The van der Waals surface area contributed by atoms with Gasteiger partial charge >= 0.3 is 0 Å². The summed E-state index contributed by atoms with van der Waals surface area (Å²) in [6, 6.07) is 8.60. The maximum Gasteiger partial charge on any atom is 0.258 e. The zero-order chi connectivity index (χ0) is 21.2. The van der Waals surface area contributed by atoms with E-state index < -0.39 is 0 Å². The van der Waals surface area contributed by atoms with E-state index in [4.69, 9.17) is 4.42 Å². The van der Waals surface area contributed by atoms with E-state index in [2.05, 4.69) is 58.6 Å². The average Bonchev–Trinajstić information content (AvgIpc) is 3.25. The highest BCUT2D eigenvalue weighted by molar-refractivity contribution is 6.10. The smallest absolute Gasteiger partial charge is 0.258 e. The number of carbonyl (C=O) groups is 1. The molecule has 3 aromatic rings. The molecule has 3 aliphatic rings. The third kappa shape index (κ3) is 2.88. The van der Waals surface area contributed by atoms with Crippen molar-refractivity contribution < 1.29 is 9.21 Å². The number of allylic oxidation sites excluding steroid dienone is 1. The molecule has 1 aliphatic heterocycles. The molecule has 6 nitrogen and oxygen atoms in total. The summed E-state index contributed by atoms with van der Waals surface area (Å²) in [5.74, 6) is 1.32. The zero-order valence-electron chi connectivity index (χ0n) is 17.9. The van der Waals surface area contributed by atoms with Crippen molar-refractivity contribution in [1.82, 2.24) is 14.9 Å². The Labute approximate surface area is 181 Å². The van der Waals surface area contributed by atoms with Crippen molar-refractivity contribution in [2.24, 2.45) is 0 Å². The number of benzene rings is 1. The van der Waals surface area contributed by atoms with Crippen LogP contribution in [0.1, 0.15) is 59.9 Å². The van der Waals surface area contributed by atoms with Gasteiger partial charge in [-0.2, -0.15) is 0 Å². The lowest BCUT2D eigenvalue weighted by molar-refractivity contribution is 0.0690. The summed E-state index contributed by atoms with van der Waals surface area (Å²) in [6.45, 7) is 5.46. The second-order valence-corrected chi connectivity index (χ2v) is 9.49. The fourth-order valence-electron chi connectivity index (χ4n) is 5.13. The minimum atomic E-state index is 0.0140. The number of fused-ring (bicyclic) bond motifs is 3. The van der Waals surface area contributed by atoms with Crippen LogP contribution in [0.4, 0.5) is 5.82 Å². The number of nitrogens with zero attached hydrogens (tertiary/aromatic N) is 3. The molecule has 158 valence electrons. The number of anilines is 1. The Balaban J connectivity index is 1.30. The lowest BCUT2D eigenvalue weighted by Crippen LogP contribution is -2.44. The molecule has 6 rings (SSSR count). The molecule has 1 saturated heterocycles. The number of hydrogen-bond donors (Lipinski definition) is 1. The first-order chi connectivity index (χ1) is 15.0. The van der Waals surface area contributed by atoms with Crippen molar-refractivity contribution in [3.05, 3.63) is 59.1 Å². The van der Waals surface area contributed by atoms with Crippen LogP contribution in [0, 0.1) is 6.92 Å². The quantitative estimate of drug-likeness (QED) is 0.673. The molecule has 1 spiro atoms. The van der Waals surface area contributed by atoms with Gasteiger partial charge in [-0.3, -0.25) is 4.79 Å². The predicted octanol–water partition coefficient (Wildman–Crippen LogP) is 4.70. The molecule has 2 aromatic heterocycles. The minimum absolute atomic E-state index is 0.0140. The number of amides is 1. The molecule has 6 heteroatoms. The molecule has 0 atom stereocenters. The molecule has 1 saturated carbocycles. The molecule has 2 aliphatic carbocycles. The molecule has 0 unspecified atom stereocenters. The van der Waals surface area contributed by atoms with Gasteiger partial charge in [0.25, 0.3) is 5.91 Å². The number of hydrogen-bond acceptors (Lipinski definition) is 5. The van der Waals surface area contributed by atoms with Gasteiger partial charge in [0.05, 0.1) is 10.9 Å². The number of nitrogens with one attached hydrogen (secondary N) is 1. The fraction of sp³-hybridized carbons (Fsp3) is 0.400. The van der Waals surface area contributed by atoms with Crippen LogP contribution in [-0.2, 0) is 5.41 Å². The summed E-state index contributed by atoms with van der Waals surface area (Å²) >= 11 is 0. The first-order valence-corrected chi connectivity index (χ1v) is 11.1. The van der Waals surface area contributed by atoms with Gasteiger partial charge in [-0.25, -0.2) is 9.97 Å². The van der Waals surface area contributed by atoms with Gasteiger partial charge in [0.15, 0.2) is 0 Å². The second kappa shape index (κ2) is 6.42. The SMILES string of the molecule is Cc1oc2ncnc(NC3(C)CC3)c2c1C(=O)N1CCC2(C=Cc3ccccc32)CC1. The molecule has 1 N–H and O–H groups in total. The Kier molecular flexibility index (Phi) is 3.86. The minimum Gasteiger partial charge on any atom is -0.442 e. The lowest BCUT2D eigenvalue weighted by Gasteiger charge is -2.39. The van der Waals surface area contributed by atoms with E-state index in [1.165, 1.54) is 17.5 Å². The maximum atomic E-state index is 13.6. The van der Waals surface area contributed by atoms with Crippen LogP contribution in [-0.4, -0.2) is 39.4 Å². The number of piperidine rings is 1. The van der Waals surface area contributed by atoms with Gasteiger partial charge in [-0.05, 0) is 50.7 Å². The van der Waals surface area contributed by atoms with Crippen molar-refractivity contribution in [3.63, 3.8) is 0 Å². The molecule has 0 bridgehead atoms. The van der Waals surface area contributed by atoms with E-state index >= 15 is 0 Å². The van der Waals surface area contributed by atoms with Gasteiger partial charge in [0.2, 0.25) is 5.71 Å². The Hall–Kier alpha value is -3.15. The topological polar surface area (TPSA) is 71.3 Å². The third-order valence-electron chi connectivity index (χ3n) is 7.32. The highest BCUT2D eigenvalue weighted by atomic mass is 16.3. The number of likely N-dealkylation sites (tertiary alicyclic amines) is 1. The Morgan fingerprint density at radius 1 is 1.13 bits per heavy atom. The van der Waals surface area contributed by atoms with E-state index in [0.29, 0.717) is 28.2 Å². The Morgan fingerprint density at radius 3 is 2.68 bits per heavy atom. The van der Waals surface area contributed by atoms with Crippen LogP contribution < -0.4 is 5.32 Å². The number of aryl methyl sites for hydroxylation is 1. The zero-order valence-corrected chi connectivity index (χ0v) is 17.9. The van der Waals surface area contributed by atoms with Gasteiger partial charge in [0.1, 0.15) is 17.9 Å². The van der Waals surface area contributed by atoms with E-state index in [9.17, 15) is 4.79 Å². The van der Waals surface area contributed by atoms with Crippen molar-refractivity contribution in [1.29, 1.82) is 0 Å². The summed E-state index contributed by atoms with van der Waals surface area (Å²) in [6.07, 6.45) is 10.1. The number of rotatable bonds is 3. The standard InChI is InChI=1S/C25H26N4O2/c1-16-19(20-21(28-24(2)9-10-24)26-15-27-22(20)31-16)23(30)29-13-11-25(12-14-29)8-7-17-5-3-4-6-18(17)25/h3-8,15H,9-14H2,1-2H3,(H,26,27,28). The number of furan rings is 1. The maximum absolute atomic E-state index is 13.6. The van der Waals surface area contributed by atoms with Crippen molar-refractivity contribution in [2.75, 3.05) is 18.4 Å². The molecular formula is C25H26N4O2. The largest absolute Gasteiger partial charge is 0.442 e. The first kappa shape index (κ1) is 18.6. The van der Waals surface area contributed by atoms with Crippen molar-refractivity contribution in [3.8, 4) is 0 Å². The molecule has 2 fully saturated rings. The van der Waals surface area contributed by atoms with Gasteiger partial charge in [0, 0.05) is 24.0 Å². The summed E-state index contributed by atoms with van der Waals surface area (Å²) < 4.78 is 5.88. The van der Waals surface area contributed by atoms with Crippen molar-refractivity contribution >= 4 is 28.9 Å². The predicted molar refractivity (Wildman–Crippen MR) is 120 cm³/mol. The van der Waals surface area contributed by atoms with Gasteiger partial charge in [-0.15, -0.1) is 0 Å². The second-order valence-electron chi connectivity index (χ2n) is 9.49. The normalized spacial score (nSPS) is 20.3. The Bertz CT molecular complexity index is 1230. The highest BCUT2D eigenvalue weighted by Crippen LogP contribution is 2.44. The van der Waals surface area contributed by atoms with Crippen LogP contribution in [0.5, 0.6) is 0 Å². The van der Waals surface area contributed by atoms with Crippen LogP contribution >= 0.6 is 0 Å². The number of carbonyl (C=O) groups excluding carboxylic acids is 1. The van der Waals surface area contributed by atoms with E-state index in [-0.39, 0.29) is 16.9 Å². The van der Waals surface area contributed by atoms with Gasteiger partial charge in [-0.1, -0.05) is 36.4 Å². The molecule has 3 heterocycles. The fourth-order valence-corrected chi connectivity index (χ4v) is 5.13. The van der Waals surface area contributed by atoms with Gasteiger partial charge < -0.3 is 14.6 Å². The van der Waals surface area contributed by atoms with Crippen LogP contribution in [0.15, 0.2) is 41.1 Å². The summed E-state index contributed by atoms with van der Waals surface area (Å²) in [5.41, 5.74) is 3.87. The monoisotopic (exact) mass is 414 g/mol. The van der Waals surface area contributed by atoms with Crippen LogP contribution in [0.3, 0.4) is 0 Å². The summed E-state index contributed by atoms with van der Waals surface area (Å²) in [5, 5.41) is 4.22. The third-order valence-corrected chi connectivity index (χ3v) is 7.32. The lowest BCUT2D eigenvalue weighted by atomic mass is 9.74. The molecule has 1 amide bonds. The molecule has 31 heavy (non-hydrogen) atoms. The number of aromatic nitrogens is 2. The molecule has 1 aromatic carbocycles. The van der Waals surface area contributed by atoms with E-state index in [0.717, 1.165) is 38.8 Å². The summed E-state index contributed by atoms with van der Waals surface area (Å²) in [7, 11) is 0. The summed E-state index contributed by atoms with van der Waals surface area (Å²) in [4.78, 5) is 24.3. The van der Waals surface area contributed by atoms with Crippen molar-refractivity contribution in [2.45, 2.75) is 50.5 Å². The molecular weight excluding hydrogens is 388 g/mol. The van der Waals surface area contributed by atoms with E-state index in [1.54, 1.807) is 0 Å².